The van der Waals surface area contributed by atoms with Crippen LogP contribution in [0.15, 0.2) is 0 Å². The van der Waals surface area contributed by atoms with Crippen molar-refractivity contribution in [3.63, 3.8) is 0 Å². The molecule has 1 heterocycles. The monoisotopic (exact) mass is 264 g/mol. The van der Waals surface area contributed by atoms with Gasteiger partial charge in [-0.25, -0.2) is 13.2 Å². The third-order valence-electron chi connectivity index (χ3n) is 2.17. The number of carboxylic acids is 1. The first kappa shape index (κ1) is 13.4. The molecule has 1 fully saturated rings. The first-order valence-electron chi connectivity index (χ1n) is 4.67. The molecule has 1 rings (SSSR count). The molecule has 1 aliphatic heterocycles. The number of rotatable bonds is 3. The smallest absolute Gasteiger partial charge is 0.328 e. The maximum absolute atomic E-state index is 11.6. The van der Waals surface area contributed by atoms with Gasteiger partial charge in [0.2, 0.25) is 11.8 Å². The molecule has 1 saturated heterocycles. The first-order valence-corrected chi connectivity index (χ1v) is 6.73. The molecule has 9 heteroatoms. The number of nitrogens with one attached hydrogen (secondary N) is 1. The number of carbonyl (C=O) groups excluding carboxylic acids is 2. The summed E-state index contributed by atoms with van der Waals surface area (Å²) in [7, 11) is -3.56. The molecule has 2 amide bonds. The Morgan fingerprint density at radius 3 is 2.59 bits per heavy atom. The van der Waals surface area contributed by atoms with E-state index in [2.05, 4.69) is 5.32 Å². The number of carbonyl (C=O) groups is 3. The van der Waals surface area contributed by atoms with Crippen LogP contribution in [0, 0.1) is 0 Å². The van der Waals surface area contributed by atoms with E-state index in [-0.39, 0.29) is 6.54 Å². The molecule has 2 N–H and O–H groups in total. The molecule has 0 aliphatic carbocycles. The van der Waals surface area contributed by atoms with Crippen LogP contribution in [-0.2, 0) is 24.2 Å². The Balaban J connectivity index is 2.86. The summed E-state index contributed by atoms with van der Waals surface area (Å²) in [5.41, 5.74) is 0. The molecule has 1 atom stereocenters. The van der Waals surface area contributed by atoms with Crippen LogP contribution in [0.1, 0.15) is 0 Å². The van der Waals surface area contributed by atoms with Crippen LogP contribution in [0.2, 0.25) is 0 Å². The maximum Gasteiger partial charge on any atom is 0.328 e. The van der Waals surface area contributed by atoms with Gasteiger partial charge < -0.3 is 15.3 Å². The standard InChI is InChI=1S/C8H12N2O6S/c1-17(15,16)4-7(12)10-3-6(11)9-2-5(10)8(13)14/h5H,2-4H2,1H3,(H,9,11)(H,13,14). The lowest BCUT2D eigenvalue weighted by Crippen LogP contribution is -2.60. The Morgan fingerprint density at radius 2 is 2.12 bits per heavy atom. The molecule has 0 saturated carbocycles. The van der Waals surface area contributed by atoms with E-state index in [1.54, 1.807) is 0 Å². The van der Waals surface area contributed by atoms with Crippen LogP contribution in [0.5, 0.6) is 0 Å². The highest BCUT2D eigenvalue weighted by Crippen LogP contribution is 2.06. The summed E-state index contributed by atoms with van der Waals surface area (Å²) in [6.07, 6.45) is 0.866. The van der Waals surface area contributed by atoms with Crippen LogP contribution >= 0.6 is 0 Å². The predicted molar refractivity (Wildman–Crippen MR) is 55.9 cm³/mol. The number of sulfone groups is 1. The Labute approximate surface area is 97.5 Å². The zero-order valence-corrected chi connectivity index (χ0v) is 9.86. The molecule has 8 nitrogen and oxygen atoms in total. The number of aliphatic carboxylic acids is 1. The third-order valence-corrected chi connectivity index (χ3v) is 2.95. The van der Waals surface area contributed by atoms with Crippen molar-refractivity contribution in [3.8, 4) is 0 Å². The average Bonchev–Trinajstić information content (AvgIpc) is 2.14. The van der Waals surface area contributed by atoms with Gasteiger partial charge in [0.15, 0.2) is 9.84 Å². The quantitative estimate of drug-likeness (QED) is 0.578. The van der Waals surface area contributed by atoms with Gasteiger partial charge in [-0.1, -0.05) is 0 Å². The van der Waals surface area contributed by atoms with E-state index in [1.165, 1.54) is 0 Å². The molecule has 0 aromatic heterocycles. The van der Waals surface area contributed by atoms with Gasteiger partial charge >= 0.3 is 5.97 Å². The first-order chi connectivity index (χ1) is 7.70. The van der Waals surface area contributed by atoms with Crippen molar-refractivity contribution >= 4 is 27.6 Å². The van der Waals surface area contributed by atoms with Gasteiger partial charge in [-0.15, -0.1) is 0 Å². The highest BCUT2D eigenvalue weighted by atomic mass is 32.2. The van der Waals surface area contributed by atoms with Crippen LogP contribution < -0.4 is 5.32 Å². The minimum atomic E-state index is -3.56. The van der Waals surface area contributed by atoms with Crippen molar-refractivity contribution in [2.75, 3.05) is 25.1 Å². The molecule has 0 radical (unpaired) electrons. The van der Waals surface area contributed by atoms with Crippen molar-refractivity contribution in [2.24, 2.45) is 0 Å². The summed E-state index contributed by atoms with van der Waals surface area (Å²) in [4.78, 5) is 34.3. The van der Waals surface area contributed by atoms with Gasteiger partial charge in [-0.3, -0.25) is 9.59 Å². The summed E-state index contributed by atoms with van der Waals surface area (Å²) >= 11 is 0. The molecule has 17 heavy (non-hydrogen) atoms. The van der Waals surface area contributed by atoms with E-state index in [0.717, 1.165) is 11.2 Å². The van der Waals surface area contributed by atoms with E-state index < -0.39 is 46.0 Å². The van der Waals surface area contributed by atoms with Crippen LogP contribution in [0.25, 0.3) is 0 Å². The van der Waals surface area contributed by atoms with E-state index >= 15 is 0 Å². The highest BCUT2D eigenvalue weighted by Gasteiger charge is 2.35. The molecule has 0 aromatic carbocycles. The van der Waals surface area contributed by atoms with Gasteiger partial charge in [-0.2, -0.15) is 0 Å². The summed E-state index contributed by atoms with van der Waals surface area (Å²) in [6, 6.07) is -1.22. The fourth-order valence-electron chi connectivity index (χ4n) is 1.43. The van der Waals surface area contributed by atoms with Gasteiger partial charge in [0, 0.05) is 12.8 Å². The van der Waals surface area contributed by atoms with Crippen LogP contribution in [-0.4, -0.2) is 67.3 Å². The summed E-state index contributed by atoms with van der Waals surface area (Å²) < 4.78 is 21.9. The number of nitrogens with zero attached hydrogens (tertiary/aromatic N) is 1. The Kier molecular flexibility index (Phi) is 3.71. The summed E-state index contributed by atoms with van der Waals surface area (Å²) in [5, 5.41) is 11.1. The zero-order valence-electron chi connectivity index (χ0n) is 9.04. The second kappa shape index (κ2) is 4.70. The SMILES string of the molecule is CS(=O)(=O)CC(=O)N1CC(=O)NCC1C(=O)O. The molecule has 0 spiro atoms. The topological polar surface area (TPSA) is 121 Å². The maximum atomic E-state index is 11.6. The molecular formula is C8H12N2O6S. The van der Waals surface area contributed by atoms with Crippen molar-refractivity contribution in [2.45, 2.75) is 6.04 Å². The lowest BCUT2D eigenvalue weighted by Gasteiger charge is -2.32. The summed E-state index contributed by atoms with van der Waals surface area (Å²) in [5.74, 6) is -3.48. The normalized spacial score (nSPS) is 20.9. The molecule has 0 bridgehead atoms. The minimum absolute atomic E-state index is 0.219. The minimum Gasteiger partial charge on any atom is -0.480 e. The average molecular weight is 264 g/mol. The van der Waals surface area contributed by atoms with Crippen molar-refractivity contribution in [3.05, 3.63) is 0 Å². The number of hydrogen-bond acceptors (Lipinski definition) is 5. The van der Waals surface area contributed by atoms with Crippen molar-refractivity contribution in [1.82, 2.24) is 10.2 Å². The van der Waals surface area contributed by atoms with Gasteiger partial charge in [0.05, 0.1) is 0 Å². The lowest BCUT2D eigenvalue weighted by atomic mass is 10.2. The highest BCUT2D eigenvalue weighted by molar-refractivity contribution is 7.91. The van der Waals surface area contributed by atoms with E-state index in [9.17, 15) is 22.8 Å². The number of piperazine rings is 1. The number of hydrogen-bond donors (Lipinski definition) is 2. The molecule has 96 valence electrons. The van der Waals surface area contributed by atoms with Gasteiger partial charge in [0.1, 0.15) is 18.3 Å². The Bertz CT molecular complexity index is 457. The van der Waals surface area contributed by atoms with Crippen LogP contribution in [0.3, 0.4) is 0 Å². The van der Waals surface area contributed by atoms with E-state index in [1.807, 2.05) is 0 Å². The third kappa shape index (κ3) is 3.70. The number of carboxylic acid groups (broad SMARTS) is 1. The predicted octanol–water partition coefficient (Wildman–Crippen LogP) is -2.56. The molecular weight excluding hydrogens is 252 g/mol. The van der Waals surface area contributed by atoms with Gasteiger partial charge in [-0.05, 0) is 0 Å². The largest absolute Gasteiger partial charge is 0.480 e. The fraction of sp³-hybridized carbons (Fsp3) is 0.625. The number of amides is 2. The lowest BCUT2D eigenvalue weighted by molar-refractivity contribution is -0.153. The van der Waals surface area contributed by atoms with Crippen molar-refractivity contribution < 1.29 is 27.9 Å². The molecule has 1 unspecified atom stereocenters. The second-order valence-electron chi connectivity index (χ2n) is 3.75. The Hall–Kier alpha value is -1.64. The second-order valence-corrected chi connectivity index (χ2v) is 5.89. The van der Waals surface area contributed by atoms with E-state index in [0.29, 0.717) is 0 Å². The molecule has 1 aliphatic rings. The Morgan fingerprint density at radius 1 is 1.53 bits per heavy atom. The summed E-state index contributed by atoms with van der Waals surface area (Å²) in [6.45, 7) is -0.658. The van der Waals surface area contributed by atoms with Gasteiger partial charge in [0.25, 0.3) is 0 Å². The molecule has 0 aromatic rings. The van der Waals surface area contributed by atoms with E-state index in [4.69, 9.17) is 5.11 Å². The zero-order chi connectivity index (χ0) is 13.2. The fourth-order valence-corrected chi connectivity index (χ4v) is 2.05. The van der Waals surface area contributed by atoms with Crippen LogP contribution in [0.4, 0.5) is 0 Å². The van der Waals surface area contributed by atoms with Crippen molar-refractivity contribution in [1.29, 1.82) is 0 Å².